The van der Waals surface area contributed by atoms with Gasteiger partial charge in [-0.3, -0.25) is 4.79 Å². The summed E-state index contributed by atoms with van der Waals surface area (Å²) in [6, 6.07) is 2.12. The molecule has 1 fully saturated rings. The van der Waals surface area contributed by atoms with Gasteiger partial charge in [-0.05, 0) is 24.5 Å². The van der Waals surface area contributed by atoms with Crippen molar-refractivity contribution in [2.24, 2.45) is 5.92 Å². The quantitative estimate of drug-likeness (QED) is 0.859. The number of benzene rings is 1. The molecule has 20 heavy (non-hydrogen) atoms. The maximum Gasteiger partial charge on any atom is 0.252 e. The first-order valence-corrected chi connectivity index (χ1v) is 8.49. The first-order chi connectivity index (χ1) is 9.28. The van der Waals surface area contributed by atoms with Crippen molar-refractivity contribution < 1.29 is 17.6 Å². The summed E-state index contributed by atoms with van der Waals surface area (Å²) in [6.45, 7) is 0.221. The molecule has 2 rings (SSSR count). The van der Waals surface area contributed by atoms with Crippen molar-refractivity contribution in [3.05, 3.63) is 33.6 Å². The Morgan fingerprint density at radius 2 is 2.05 bits per heavy atom. The van der Waals surface area contributed by atoms with Crippen LogP contribution in [0.5, 0.6) is 0 Å². The normalized spacial score (nSPS) is 20.9. The summed E-state index contributed by atoms with van der Waals surface area (Å²) >= 11 is 11.4. The van der Waals surface area contributed by atoms with Gasteiger partial charge in [0.2, 0.25) is 0 Å². The minimum Gasteiger partial charge on any atom is -0.352 e. The summed E-state index contributed by atoms with van der Waals surface area (Å²) < 4.78 is 35.9. The molecule has 0 saturated carbocycles. The fraction of sp³-hybridized carbons (Fsp3) is 0.417. The van der Waals surface area contributed by atoms with Crippen molar-refractivity contribution in [3.8, 4) is 0 Å². The molecule has 1 N–H and O–H groups in total. The van der Waals surface area contributed by atoms with Crippen molar-refractivity contribution in [1.29, 1.82) is 0 Å². The molecule has 1 aliphatic rings. The molecule has 1 heterocycles. The van der Waals surface area contributed by atoms with E-state index in [1.54, 1.807) is 0 Å². The van der Waals surface area contributed by atoms with E-state index < -0.39 is 21.6 Å². The van der Waals surface area contributed by atoms with E-state index >= 15 is 0 Å². The van der Waals surface area contributed by atoms with Crippen molar-refractivity contribution in [3.63, 3.8) is 0 Å². The second kappa shape index (κ2) is 5.87. The van der Waals surface area contributed by atoms with Gasteiger partial charge < -0.3 is 5.32 Å². The molecule has 1 aromatic rings. The van der Waals surface area contributed by atoms with Crippen LogP contribution in [0.4, 0.5) is 4.39 Å². The van der Waals surface area contributed by atoms with Crippen LogP contribution in [0.1, 0.15) is 16.8 Å². The number of carbonyl (C=O) groups is 1. The molecular weight excluding hydrogens is 328 g/mol. The molecule has 1 atom stereocenters. The Labute approximate surface area is 126 Å². The van der Waals surface area contributed by atoms with Gasteiger partial charge in [0.05, 0.1) is 27.1 Å². The fourth-order valence-electron chi connectivity index (χ4n) is 2.06. The molecule has 0 radical (unpaired) electrons. The standard InChI is InChI=1S/C12H12Cl2FNO3S/c13-9-4-10(14)11(15)3-8(9)12(17)16-5-7-1-2-20(18,19)6-7/h3-4,7H,1-2,5-6H2,(H,16,17)/t7-/m0/s1. The third-order valence-corrected chi connectivity index (χ3v) is 5.57. The summed E-state index contributed by atoms with van der Waals surface area (Å²) in [5.74, 6) is -1.18. The lowest BCUT2D eigenvalue weighted by Crippen LogP contribution is -2.30. The van der Waals surface area contributed by atoms with Crippen LogP contribution >= 0.6 is 23.2 Å². The third kappa shape index (κ3) is 3.62. The number of rotatable bonds is 3. The van der Waals surface area contributed by atoms with Crippen LogP contribution in [-0.2, 0) is 9.84 Å². The number of halogens is 3. The van der Waals surface area contributed by atoms with Crippen LogP contribution in [0.25, 0.3) is 0 Å². The Kier molecular flexibility index (Phi) is 4.56. The van der Waals surface area contributed by atoms with E-state index in [-0.39, 0.29) is 39.6 Å². The SMILES string of the molecule is O=C(NC[C@@H]1CCS(=O)(=O)C1)c1cc(F)c(Cl)cc1Cl. The maximum absolute atomic E-state index is 13.3. The zero-order valence-corrected chi connectivity index (χ0v) is 12.7. The number of hydrogen-bond donors (Lipinski definition) is 1. The zero-order chi connectivity index (χ0) is 14.9. The second-order valence-electron chi connectivity index (χ2n) is 4.73. The average Bonchev–Trinajstić information content (AvgIpc) is 2.70. The van der Waals surface area contributed by atoms with Crippen molar-refractivity contribution >= 4 is 38.9 Å². The molecule has 0 spiro atoms. The molecule has 1 aromatic carbocycles. The Morgan fingerprint density at radius 1 is 1.35 bits per heavy atom. The Morgan fingerprint density at radius 3 is 2.65 bits per heavy atom. The van der Waals surface area contributed by atoms with Crippen LogP contribution in [0, 0.1) is 11.7 Å². The summed E-state index contributed by atoms with van der Waals surface area (Å²) in [5, 5.41) is 2.46. The summed E-state index contributed by atoms with van der Waals surface area (Å²) in [4.78, 5) is 11.9. The first-order valence-electron chi connectivity index (χ1n) is 5.91. The molecule has 4 nitrogen and oxygen atoms in total. The van der Waals surface area contributed by atoms with Crippen LogP contribution in [0.3, 0.4) is 0 Å². The maximum atomic E-state index is 13.3. The molecule has 0 bridgehead atoms. The molecule has 110 valence electrons. The zero-order valence-electron chi connectivity index (χ0n) is 10.3. The molecule has 1 amide bonds. The van der Waals surface area contributed by atoms with Gasteiger partial charge in [0.25, 0.3) is 5.91 Å². The molecule has 0 aromatic heterocycles. The number of nitrogens with one attached hydrogen (secondary N) is 1. The highest BCUT2D eigenvalue weighted by Gasteiger charge is 2.28. The van der Waals surface area contributed by atoms with E-state index in [0.717, 1.165) is 12.1 Å². The van der Waals surface area contributed by atoms with Crippen molar-refractivity contribution in [1.82, 2.24) is 5.32 Å². The van der Waals surface area contributed by atoms with Crippen LogP contribution in [0.2, 0.25) is 10.0 Å². The molecule has 0 aliphatic carbocycles. The van der Waals surface area contributed by atoms with E-state index in [9.17, 15) is 17.6 Å². The summed E-state index contributed by atoms with van der Waals surface area (Å²) in [5.41, 5.74) is -0.0191. The van der Waals surface area contributed by atoms with Gasteiger partial charge in [0, 0.05) is 6.54 Å². The smallest absolute Gasteiger partial charge is 0.252 e. The minimum absolute atomic E-state index is 0.0191. The Bertz CT molecular complexity index is 648. The van der Waals surface area contributed by atoms with Gasteiger partial charge in [0.1, 0.15) is 5.82 Å². The largest absolute Gasteiger partial charge is 0.352 e. The van der Waals surface area contributed by atoms with Gasteiger partial charge in [-0.15, -0.1) is 0 Å². The van der Waals surface area contributed by atoms with E-state index in [1.807, 2.05) is 0 Å². The van der Waals surface area contributed by atoms with E-state index in [1.165, 1.54) is 0 Å². The minimum atomic E-state index is -2.98. The predicted molar refractivity (Wildman–Crippen MR) is 75.5 cm³/mol. The van der Waals surface area contributed by atoms with E-state index in [4.69, 9.17) is 23.2 Å². The fourth-order valence-corrected chi connectivity index (χ4v) is 4.39. The molecular formula is C12H12Cl2FNO3S. The monoisotopic (exact) mass is 339 g/mol. The Balaban J connectivity index is 2.01. The van der Waals surface area contributed by atoms with Crippen LogP contribution < -0.4 is 5.32 Å². The van der Waals surface area contributed by atoms with Gasteiger partial charge in [0.15, 0.2) is 9.84 Å². The van der Waals surface area contributed by atoms with E-state index in [2.05, 4.69) is 5.32 Å². The van der Waals surface area contributed by atoms with Crippen LogP contribution in [-0.4, -0.2) is 32.4 Å². The van der Waals surface area contributed by atoms with Gasteiger partial charge in [-0.1, -0.05) is 23.2 Å². The molecule has 1 saturated heterocycles. The highest BCUT2D eigenvalue weighted by atomic mass is 35.5. The van der Waals surface area contributed by atoms with Crippen molar-refractivity contribution in [2.45, 2.75) is 6.42 Å². The number of sulfone groups is 1. The van der Waals surface area contributed by atoms with Crippen molar-refractivity contribution in [2.75, 3.05) is 18.1 Å². The lowest BCUT2D eigenvalue weighted by Gasteiger charge is -2.11. The topological polar surface area (TPSA) is 63.2 Å². The lowest BCUT2D eigenvalue weighted by molar-refractivity contribution is 0.0948. The highest BCUT2D eigenvalue weighted by Crippen LogP contribution is 2.24. The molecule has 1 aliphatic heterocycles. The molecule has 8 heteroatoms. The van der Waals surface area contributed by atoms with Gasteiger partial charge >= 0.3 is 0 Å². The summed E-state index contributed by atoms with van der Waals surface area (Å²) in [6.07, 6.45) is 0.519. The lowest BCUT2D eigenvalue weighted by atomic mass is 10.1. The number of amides is 1. The number of hydrogen-bond acceptors (Lipinski definition) is 3. The Hall–Kier alpha value is -0.850. The summed E-state index contributed by atoms with van der Waals surface area (Å²) in [7, 11) is -2.98. The second-order valence-corrected chi connectivity index (χ2v) is 7.77. The van der Waals surface area contributed by atoms with Crippen LogP contribution in [0.15, 0.2) is 12.1 Å². The number of carbonyl (C=O) groups excluding carboxylic acids is 1. The third-order valence-electron chi connectivity index (χ3n) is 3.13. The first kappa shape index (κ1) is 15.5. The van der Waals surface area contributed by atoms with E-state index in [0.29, 0.717) is 6.42 Å². The highest BCUT2D eigenvalue weighted by molar-refractivity contribution is 7.91. The molecule has 0 unspecified atom stereocenters. The van der Waals surface area contributed by atoms with Gasteiger partial charge in [-0.2, -0.15) is 0 Å². The van der Waals surface area contributed by atoms with Gasteiger partial charge in [-0.25, -0.2) is 12.8 Å². The predicted octanol–water partition coefficient (Wildman–Crippen LogP) is 2.30. The average molecular weight is 340 g/mol.